The van der Waals surface area contributed by atoms with Gasteiger partial charge >= 0.3 is 6.18 Å². The Hall–Kier alpha value is -4.31. The molecule has 10 heteroatoms. The number of alkyl halides is 3. The Morgan fingerprint density at radius 2 is 1.65 bits per heavy atom. The van der Waals surface area contributed by atoms with Crippen LogP contribution in [0.5, 0.6) is 11.5 Å². The second kappa shape index (κ2) is 14.2. The van der Waals surface area contributed by atoms with Gasteiger partial charge < -0.3 is 25.2 Å². The summed E-state index contributed by atoms with van der Waals surface area (Å²) in [5.41, 5.74) is 0.668. The van der Waals surface area contributed by atoms with Gasteiger partial charge in [0, 0.05) is 18.5 Å². The third kappa shape index (κ3) is 9.46. The number of carbonyl (C=O) groups excluding carboxylic acids is 2. The molecule has 0 spiro atoms. The van der Waals surface area contributed by atoms with E-state index in [1.807, 2.05) is 13.8 Å². The first kappa shape index (κ1) is 30.2. The fraction of sp³-hybridized carbons (Fsp3) is 0.267. The van der Waals surface area contributed by atoms with E-state index in [9.17, 15) is 22.8 Å². The highest BCUT2D eigenvalue weighted by molar-refractivity contribution is 6.05. The van der Waals surface area contributed by atoms with E-state index in [4.69, 9.17) is 14.6 Å². The summed E-state index contributed by atoms with van der Waals surface area (Å²) in [4.78, 5) is 25.5. The van der Waals surface area contributed by atoms with Gasteiger partial charge in [-0.05, 0) is 73.5 Å². The summed E-state index contributed by atoms with van der Waals surface area (Å²) in [7, 11) is 0. The normalized spacial score (nSPS) is 11.7. The monoisotopic (exact) mass is 556 g/mol. The number of aliphatic hydroxyl groups is 1. The van der Waals surface area contributed by atoms with E-state index >= 15 is 0 Å². The van der Waals surface area contributed by atoms with Crippen molar-refractivity contribution in [2.75, 3.05) is 19.8 Å². The van der Waals surface area contributed by atoms with Gasteiger partial charge in [-0.2, -0.15) is 13.2 Å². The molecule has 0 aliphatic rings. The lowest BCUT2D eigenvalue weighted by Gasteiger charge is -2.12. The summed E-state index contributed by atoms with van der Waals surface area (Å²) in [6.45, 7) is 3.72. The first-order chi connectivity index (χ1) is 19.0. The summed E-state index contributed by atoms with van der Waals surface area (Å²) in [5.74, 6) is -0.0107. The zero-order valence-electron chi connectivity index (χ0n) is 22.1. The molecule has 3 rings (SSSR count). The zero-order valence-corrected chi connectivity index (χ0v) is 22.1. The molecule has 3 N–H and O–H groups in total. The van der Waals surface area contributed by atoms with Crippen molar-refractivity contribution in [3.8, 4) is 11.5 Å². The number of aliphatic hydroxyl groups excluding tert-OH is 1. The molecule has 212 valence electrons. The molecule has 0 saturated heterocycles. The lowest BCUT2D eigenvalue weighted by Crippen LogP contribution is -2.36. The van der Waals surface area contributed by atoms with Crippen molar-refractivity contribution in [3.63, 3.8) is 0 Å². The van der Waals surface area contributed by atoms with E-state index in [-0.39, 0.29) is 43.5 Å². The van der Waals surface area contributed by atoms with E-state index in [2.05, 4.69) is 10.6 Å². The molecule has 0 unspecified atom stereocenters. The van der Waals surface area contributed by atoms with Crippen molar-refractivity contribution >= 4 is 17.9 Å². The number of ether oxygens (including phenoxy) is 2. The molecule has 0 fully saturated rings. The van der Waals surface area contributed by atoms with Crippen LogP contribution in [0, 0.1) is 0 Å². The molecule has 7 nitrogen and oxygen atoms in total. The topological polar surface area (TPSA) is 96.9 Å². The minimum absolute atomic E-state index is 0.00706. The van der Waals surface area contributed by atoms with Crippen molar-refractivity contribution in [2.24, 2.45) is 0 Å². The number of carbonyl (C=O) groups is 2. The lowest BCUT2D eigenvalue weighted by atomic mass is 10.1. The fourth-order valence-corrected chi connectivity index (χ4v) is 3.59. The van der Waals surface area contributed by atoms with Crippen molar-refractivity contribution < 1.29 is 37.3 Å². The zero-order chi connectivity index (χ0) is 29.1. The Morgan fingerprint density at radius 1 is 0.975 bits per heavy atom. The fourth-order valence-electron chi connectivity index (χ4n) is 3.59. The molecule has 0 heterocycles. The molecular weight excluding hydrogens is 525 g/mol. The van der Waals surface area contributed by atoms with E-state index in [0.717, 1.165) is 12.1 Å². The molecule has 0 radical (unpaired) electrons. The first-order valence-electron chi connectivity index (χ1n) is 12.6. The van der Waals surface area contributed by atoms with Crippen LogP contribution in [0.4, 0.5) is 13.2 Å². The van der Waals surface area contributed by atoms with Crippen molar-refractivity contribution in [2.45, 2.75) is 32.5 Å². The summed E-state index contributed by atoms with van der Waals surface area (Å²) in [6.07, 6.45) is -2.62. The van der Waals surface area contributed by atoms with Gasteiger partial charge in [0.15, 0.2) is 0 Å². The highest BCUT2D eigenvalue weighted by Gasteiger charge is 2.30. The third-order valence-electron chi connectivity index (χ3n) is 5.48. The predicted octanol–water partition coefficient (Wildman–Crippen LogP) is 4.99. The van der Waals surface area contributed by atoms with Crippen LogP contribution in [-0.2, 0) is 17.4 Å². The van der Waals surface area contributed by atoms with E-state index in [1.165, 1.54) is 24.3 Å². The minimum atomic E-state index is -4.41. The van der Waals surface area contributed by atoms with Crippen LogP contribution in [0.1, 0.15) is 40.9 Å². The molecule has 0 aliphatic carbocycles. The molecule has 0 saturated carbocycles. The molecule has 3 aromatic carbocycles. The number of hydrogen-bond acceptors (Lipinski definition) is 5. The highest BCUT2D eigenvalue weighted by atomic mass is 19.4. The molecule has 0 bridgehead atoms. The Labute approximate surface area is 230 Å². The molecule has 3 aromatic rings. The number of amides is 2. The quantitative estimate of drug-likeness (QED) is 0.273. The van der Waals surface area contributed by atoms with Gasteiger partial charge in [0.05, 0.1) is 24.9 Å². The summed E-state index contributed by atoms with van der Waals surface area (Å²) in [6, 6.07) is 18.2. The molecule has 0 aliphatic heterocycles. The van der Waals surface area contributed by atoms with Crippen LogP contribution in [0.15, 0.2) is 78.5 Å². The molecule has 0 aromatic heterocycles. The third-order valence-corrected chi connectivity index (χ3v) is 5.48. The molecule has 0 atom stereocenters. The molecule has 2 amide bonds. The average molecular weight is 557 g/mol. The second-order valence-corrected chi connectivity index (χ2v) is 9.05. The summed E-state index contributed by atoms with van der Waals surface area (Å²) >= 11 is 0. The highest BCUT2D eigenvalue weighted by Crippen LogP contribution is 2.29. The largest absolute Gasteiger partial charge is 0.493 e. The molecule has 40 heavy (non-hydrogen) atoms. The maximum Gasteiger partial charge on any atom is 0.416 e. The first-order valence-corrected chi connectivity index (χ1v) is 12.6. The van der Waals surface area contributed by atoms with Crippen LogP contribution in [0.2, 0.25) is 0 Å². The second-order valence-electron chi connectivity index (χ2n) is 9.05. The van der Waals surface area contributed by atoms with Crippen LogP contribution < -0.4 is 20.1 Å². The van der Waals surface area contributed by atoms with Gasteiger partial charge in [0.2, 0.25) is 0 Å². The molecular formula is C30H31F3N2O5. The Kier molecular flexibility index (Phi) is 10.7. The van der Waals surface area contributed by atoms with Crippen molar-refractivity contribution in [1.82, 2.24) is 10.6 Å². The van der Waals surface area contributed by atoms with Gasteiger partial charge in [-0.1, -0.05) is 30.3 Å². The minimum Gasteiger partial charge on any atom is -0.493 e. The van der Waals surface area contributed by atoms with E-state index < -0.39 is 23.6 Å². The lowest BCUT2D eigenvalue weighted by molar-refractivity contribution is -0.137. The van der Waals surface area contributed by atoms with Crippen LogP contribution >= 0.6 is 0 Å². The van der Waals surface area contributed by atoms with E-state index in [1.54, 1.807) is 42.5 Å². The van der Waals surface area contributed by atoms with Crippen molar-refractivity contribution in [3.05, 3.63) is 101 Å². The number of nitrogens with one attached hydrogen (secondary N) is 2. The van der Waals surface area contributed by atoms with Gasteiger partial charge in [-0.25, -0.2) is 0 Å². The van der Waals surface area contributed by atoms with Crippen LogP contribution in [-0.4, -0.2) is 42.8 Å². The van der Waals surface area contributed by atoms with Crippen molar-refractivity contribution in [1.29, 1.82) is 0 Å². The van der Waals surface area contributed by atoms with Gasteiger partial charge in [0.1, 0.15) is 17.2 Å². The van der Waals surface area contributed by atoms with Crippen LogP contribution in [0.25, 0.3) is 6.08 Å². The maximum absolute atomic E-state index is 12.9. The number of rotatable bonds is 12. The van der Waals surface area contributed by atoms with Gasteiger partial charge in [0.25, 0.3) is 11.8 Å². The van der Waals surface area contributed by atoms with Gasteiger partial charge in [-0.15, -0.1) is 0 Å². The Morgan fingerprint density at radius 3 is 2.27 bits per heavy atom. The SMILES string of the molecule is CC(C)Oc1ccc(/C=C(\NC(=O)c2ccc(OCCc3cccc(C(F)(F)F)c3)cc2)C(=O)NCCO)cc1. The van der Waals surface area contributed by atoms with Crippen LogP contribution in [0.3, 0.4) is 0 Å². The Balaban J connectivity index is 1.64. The number of halogens is 3. The van der Waals surface area contributed by atoms with E-state index in [0.29, 0.717) is 22.6 Å². The summed E-state index contributed by atoms with van der Waals surface area (Å²) < 4.78 is 49.9. The predicted molar refractivity (Wildman–Crippen MR) is 145 cm³/mol. The standard InChI is InChI=1S/C30H31F3N2O5/c1-20(2)40-26-10-6-22(7-11-26)19-27(29(38)34-15-16-36)35-28(37)23-8-12-25(13-9-23)39-17-14-21-4-3-5-24(18-21)30(31,32)33/h3-13,18-20,36H,14-17H2,1-2H3,(H,34,38)(H,35,37)/b27-19-. The maximum atomic E-state index is 12.9. The smallest absolute Gasteiger partial charge is 0.416 e. The van der Waals surface area contributed by atoms with Gasteiger partial charge in [-0.3, -0.25) is 9.59 Å². The number of hydrogen-bond donors (Lipinski definition) is 3. The Bertz CT molecular complexity index is 1300. The average Bonchev–Trinajstić information content (AvgIpc) is 2.92. The number of benzene rings is 3. The summed E-state index contributed by atoms with van der Waals surface area (Å²) in [5, 5.41) is 14.2.